The Kier molecular flexibility index (Phi) is 13.4. The summed E-state index contributed by atoms with van der Waals surface area (Å²) in [6.07, 6.45) is 0. The molecule has 0 spiro atoms. The lowest BCUT2D eigenvalue weighted by molar-refractivity contribution is -0.432. The van der Waals surface area contributed by atoms with Gasteiger partial charge in [-0.3, -0.25) is 19.2 Å². The molecule has 0 aliphatic rings. The van der Waals surface area contributed by atoms with Gasteiger partial charge in [0, 0.05) is 44.5 Å². The minimum atomic E-state index is -0.228. The van der Waals surface area contributed by atoms with Gasteiger partial charge in [-0.15, -0.1) is 4.33 Å². The zero-order valence-corrected chi connectivity index (χ0v) is 30.7. The number of aryl methyl sites for hydroxylation is 2. The maximum absolute atomic E-state index is 12.8. The van der Waals surface area contributed by atoms with E-state index in [4.69, 9.17) is 14.7 Å². The fourth-order valence-corrected chi connectivity index (χ4v) is 5.81. The summed E-state index contributed by atoms with van der Waals surface area (Å²) in [5.41, 5.74) is 6.45. The van der Waals surface area contributed by atoms with Crippen LogP contribution in [0.2, 0.25) is 0 Å². The molecule has 6 aromatic rings. The van der Waals surface area contributed by atoms with Gasteiger partial charge in [-0.1, -0.05) is 113 Å². The highest BCUT2D eigenvalue weighted by atomic mass is 32.2. The number of ether oxygens (including phenoxy) is 2. The van der Waals surface area contributed by atoms with Gasteiger partial charge in [0.25, 0.3) is 0 Å². The molecule has 0 aliphatic heterocycles. The molecule has 0 amide bonds. The number of methoxy groups -OCH3 is 2. The molecule has 0 aliphatic carbocycles. The van der Waals surface area contributed by atoms with Gasteiger partial charge in [0.2, 0.25) is 0 Å². The standard InChI is InChI=1S/C22H18O6S.C22H18O3/c1-14-3-5-15(6-4-14)21(23)16-7-9-17(10-8-16)22(24)18-11-12-19(26-2)20(13-18)29-28-27-25;1-15-3-5-16(6-4-15)21(23)17-7-9-18(10-8-17)22(24)19-11-13-20(25-2)14-12-19/h3-13,25H,1-2H3;3-14H,1-2H3. The number of hydrogen-bond acceptors (Lipinski definition) is 10. The van der Waals surface area contributed by atoms with E-state index in [0.29, 0.717) is 72.9 Å². The Morgan fingerprint density at radius 2 is 0.759 bits per heavy atom. The van der Waals surface area contributed by atoms with Crippen molar-refractivity contribution in [3.05, 3.63) is 195 Å². The van der Waals surface area contributed by atoms with Crippen molar-refractivity contribution in [3.8, 4) is 11.5 Å². The first-order chi connectivity index (χ1) is 26.1. The van der Waals surface area contributed by atoms with Crippen LogP contribution in [-0.2, 0) is 9.37 Å². The van der Waals surface area contributed by atoms with Crippen molar-refractivity contribution in [2.45, 2.75) is 18.7 Å². The second-order valence-corrected chi connectivity index (χ2v) is 12.8. The molecule has 0 radical (unpaired) electrons. The Hall–Kier alpha value is -6.17. The van der Waals surface area contributed by atoms with Gasteiger partial charge < -0.3 is 9.47 Å². The summed E-state index contributed by atoms with van der Waals surface area (Å²) in [7, 11) is 3.06. The molecule has 6 aromatic carbocycles. The van der Waals surface area contributed by atoms with Crippen LogP contribution in [-0.4, -0.2) is 42.6 Å². The van der Waals surface area contributed by atoms with Gasteiger partial charge in [0.05, 0.1) is 31.2 Å². The van der Waals surface area contributed by atoms with Gasteiger partial charge in [-0.05, 0) is 56.3 Å². The van der Waals surface area contributed by atoms with Gasteiger partial charge >= 0.3 is 0 Å². The first kappa shape index (κ1) is 39.0. The third kappa shape index (κ3) is 9.82. The smallest absolute Gasteiger partial charge is 0.193 e. The first-order valence-corrected chi connectivity index (χ1v) is 17.3. The lowest BCUT2D eigenvalue weighted by atomic mass is 9.98. The number of hydrogen-bond donors (Lipinski definition) is 1. The number of ketones is 4. The van der Waals surface area contributed by atoms with E-state index < -0.39 is 0 Å². The van der Waals surface area contributed by atoms with E-state index in [-0.39, 0.29) is 23.1 Å². The topological polar surface area (TPSA) is 125 Å². The number of rotatable bonds is 13. The summed E-state index contributed by atoms with van der Waals surface area (Å²) < 4.78 is 14.7. The largest absolute Gasteiger partial charge is 0.497 e. The Bertz CT molecular complexity index is 2230. The van der Waals surface area contributed by atoms with Crippen LogP contribution in [0.3, 0.4) is 0 Å². The van der Waals surface area contributed by atoms with Crippen LogP contribution >= 0.6 is 12.0 Å². The molecule has 10 heteroatoms. The van der Waals surface area contributed by atoms with Crippen molar-refractivity contribution in [1.82, 2.24) is 0 Å². The second-order valence-electron chi connectivity index (χ2n) is 12.0. The average molecular weight is 741 g/mol. The van der Waals surface area contributed by atoms with Crippen LogP contribution in [0.15, 0.2) is 144 Å². The summed E-state index contributed by atoms with van der Waals surface area (Å²) in [6, 6.07) is 39.8. The summed E-state index contributed by atoms with van der Waals surface area (Å²) in [5, 5.41) is 11.9. The summed E-state index contributed by atoms with van der Waals surface area (Å²) in [4.78, 5) is 50.8. The molecule has 54 heavy (non-hydrogen) atoms. The van der Waals surface area contributed by atoms with Crippen molar-refractivity contribution >= 4 is 35.2 Å². The fraction of sp³-hybridized carbons (Fsp3) is 0.0909. The lowest BCUT2D eigenvalue weighted by Gasteiger charge is -2.09. The highest BCUT2D eigenvalue weighted by Crippen LogP contribution is 2.31. The van der Waals surface area contributed by atoms with Crippen molar-refractivity contribution in [3.63, 3.8) is 0 Å². The molecule has 9 nitrogen and oxygen atoms in total. The molecule has 0 fully saturated rings. The third-order valence-electron chi connectivity index (χ3n) is 8.38. The summed E-state index contributed by atoms with van der Waals surface area (Å²) in [6.45, 7) is 3.94. The Balaban J connectivity index is 0.000000210. The molecule has 6 rings (SSSR count). The molecule has 0 saturated carbocycles. The minimum absolute atomic E-state index is 0.0524. The van der Waals surface area contributed by atoms with Gasteiger partial charge in [-0.25, -0.2) is 5.26 Å². The van der Waals surface area contributed by atoms with Gasteiger partial charge in [0.15, 0.2) is 23.1 Å². The van der Waals surface area contributed by atoms with E-state index in [2.05, 4.69) is 9.37 Å². The average Bonchev–Trinajstić information content (AvgIpc) is 3.22. The zero-order valence-electron chi connectivity index (χ0n) is 29.9. The molecule has 0 saturated heterocycles. The number of carbonyl (C=O) groups is 4. The molecule has 272 valence electrons. The van der Waals surface area contributed by atoms with Crippen LogP contribution < -0.4 is 9.47 Å². The molecule has 0 aromatic heterocycles. The van der Waals surface area contributed by atoms with E-state index in [1.807, 2.05) is 50.2 Å². The van der Waals surface area contributed by atoms with E-state index in [0.717, 1.165) is 11.1 Å². The van der Waals surface area contributed by atoms with E-state index in [1.54, 1.807) is 110 Å². The van der Waals surface area contributed by atoms with Crippen LogP contribution in [0.25, 0.3) is 0 Å². The van der Waals surface area contributed by atoms with E-state index >= 15 is 0 Å². The fourth-order valence-electron chi connectivity index (χ4n) is 5.30. The molecule has 0 bridgehead atoms. The second kappa shape index (κ2) is 18.5. The van der Waals surface area contributed by atoms with Crippen molar-refractivity contribution in [1.29, 1.82) is 0 Å². The maximum atomic E-state index is 12.8. The lowest BCUT2D eigenvalue weighted by Crippen LogP contribution is -2.05. The number of carbonyl (C=O) groups excluding carboxylic acids is 4. The van der Waals surface area contributed by atoms with Crippen molar-refractivity contribution in [2.24, 2.45) is 0 Å². The molecular formula is C44H36O9S. The van der Waals surface area contributed by atoms with Crippen LogP contribution in [0.5, 0.6) is 11.5 Å². The predicted octanol–water partition coefficient (Wildman–Crippen LogP) is 9.36. The summed E-state index contributed by atoms with van der Waals surface area (Å²) in [5.74, 6) is 0.695. The Labute approximate surface area is 317 Å². The highest BCUT2D eigenvalue weighted by Gasteiger charge is 2.16. The van der Waals surface area contributed by atoms with Crippen LogP contribution in [0, 0.1) is 13.8 Å². The SMILES string of the molecule is COc1ccc(C(=O)c2ccc(C(=O)c3ccc(C)cc3)cc2)cc1.COc1ccc(C(=O)c2ccc(C(=O)c3ccc(C)cc3)cc2)cc1SOOO. The highest BCUT2D eigenvalue weighted by molar-refractivity contribution is 7.94. The van der Waals surface area contributed by atoms with E-state index in [1.165, 1.54) is 7.11 Å². The molecular weight excluding hydrogens is 705 g/mol. The van der Waals surface area contributed by atoms with Gasteiger partial charge in [0.1, 0.15) is 11.5 Å². The molecule has 0 atom stereocenters. The molecule has 1 N–H and O–H groups in total. The van der Waals surface area contributed by atoms with Gasteiger partial charge in [-0.2, -0.15) is 0 Å². The Morgan fingerprint density at radius 1 is 0.444 bits per heavy atom. The quantitative estimate of drug-likeness (QED) is 0.0530. The predicted molar refractivity (Wildman–Crippen MR) is 206 cm³/mol. The van der Waals surface area contributed by atoms with Crippen LogP contribution in [0.1, 0.15) is 74.8 Å². The van der Waals surface area contributed by atoms with Crippen molar-refractivity contribution < 1.29 is 43.3 Å². The first-order valence-electron chi connectivity index (χ1n) is 16.6. The van der Waals surface area contributed by atoms with E-state index in [9.17, 15) is 19.2 Å². The third-order valence-corrected chi connectivity index (χ3v) is 9.01. The number of benzene rings is 6. The monoisotopic (exact) mass is 740 g/mol. The van der Waals surface area contributed by atoms with Crippen LogP contribution in [0.4, 0.5) is 0 Å². The molecule has 0 heterocycles. The minimum Gasteiger partial charge on any atom is -0.497 e. The zero-order chi connectivity index (χ0) is 38.6. The van der Waals surface area contributed by atoms with Crippen molar-refractivity contribution in [2.75, 3.05) is 14.2 Å². The maximum Gasteiger partial charge on any atom is 0.193 e. The normalized spacial score (nSPS) is 10.5. The summed E-state index contributed by atoms with van der Waals surface area (Å²) >= 11 is 0.709. The Morgan fingerprint density at radius 3 is 1.09 bits per heavy atom. The molecule has 0 unspecified atom stereocenters.